The molecule has 0 saturated carbocycles. The molecule has 2 atom stereocenters. The van der Waals surface area contributed by atoms with E-state index in [-0.39, 0.29) is 17.7 Å². The van der Waals surface area contributed by atoms with Crippen molar-refractivity contribution in [2.24, 2.45) is 5.10 Å². The largest absolute Gasteiger partial charge is 0.508 e. The number of hydrazone groups is 1. The third-order valence-electron chi connectivity index (χ3n) is 5.09. The van der Waals surface area contributed by atoms with E-state index in [0.29, 0.717) is 23.6 Å². The monoisotopic (exact) mass is 450 g/mol. The van der Waals surface area contributed by atoms with Crippen LogP contribution in [0.2, 0.25) is 5.02 Å². The van der Waals surface area contributed by atoms with Gasteiger partial charge in [-0.25, -0.2) is 16.3 Å². The zero-order valence-corrected chi connectivity index (χ0v) is 17.9. The van der Waals surface area contributed by atoms with Crippen molar-refractivity contribution in [2.75, 3.05) is 0 Å². The first-order chi connectivity index (χ1) is 15.6. The molecule has 1 aliphatic rings. The number of carbonyl (C=O) groups excluding carboxylic acids is 1. The molecule has 0 spiro atoms. The standard InChI is InChI=1S/C24H23ClN4O3/c25-21-10-2-1-6-18(21)15-32-20-9-4-7-17(12-20)22-13-23(28-27-22)24(31)29-26-14-16-5-3-8-19(30)11-16/h1-12,14,22-23,27-28,30H,13,15H2,(H,29,31)/b26-14-. The molecule has 32 heavy (non-hydrogen) atoms. The minimum absolute atomic E-state index is 0.0512. The predicted molar refractivity (Wildman–Crippen MR) is 123 cm³/mol. The van der Waals surface area contributed by atoms with Gasteiger partial charge in [0, 0.05) is 16.6 Å². The highest BCUT2D eigenvalue weighted by Crippen LogP contribution is 2.26. The Bertz CT molecular complexity index is 1120. The second-order valence-corrected chi connectivity index (χ2v) is 7.82. The van der Waals surface area contributed by atoms with Crippen molar-refractivity contribution < 1.29 is 14.6 Å². The van der Waals surface area contributed by atoms with Gasteiger partial charge in [-0.1, -0.05) is 54.1 Å². The second-order valence-electron chi connectivity index (χ2n) is 7.41. The van der Waals surface area contributed by atoms with E-state index in [9.17, 15) is 9.90 Å². The first kappa shape index (κ1) is 21.8. The van der Waals surface area contributed by atoms with Crippen LogP contribution in [0.1, 0.15) is 29.2 Å². The highest BCUT2D eigenvalue weighted by molar-refractivity contribution is 6.31. The van der Waals surface area contributed by atoms with Crippen molar-refractivity contribution in [3.05, 3.63) is 94.5 Å². The number of ether oxygens (including phenoxy) is 1. The van der Waals surface area contributed by atoms with E-state index < -0.39 is 6.04 Å². The number of hydrogen-bond donors (Lipinski definition) is 4. The lowest BCUT2D eigenvalue weighted by Crippen LogP contribution is -2.41. The van der Waals surface area contributed by atoms with Crippen LogP contribution in [0.15, 0.2) is 77.9 Å². The van der Waals surface area contributed by atoms with Gasteiger partial charge in [0.25, 0.3) is 5.91 Å². The Balaban J connectivity index is 1.31. The highest BCUT2D eigenvalue weighted by atomic mass is 35.5. The number of nitrogens with zero attached hydrogens (tertiary/aromatic N) is 1. The summed E-state index contributed by atoms with van der Waals surface area (Å²) in [6, 6.07) is 21.5. The maximum absolute atomic E-state index is 12.4. The summed E-state index contributed by atoms with van der Waals surface area (Å²) in [5, 5.41) is 14.1. The van der Waals surface area contributed by atoms with Gasteiger partial charge >= 0.3 is 0 Å². The van der Waals surface area contributed by atoms with Crippen molar-refractivity contribution in [3.63, 3.8) is 0 Å². The van der Waals surface area contributed by atoms with E-state index >= 15 is 0 Å². The average Bonchev–Trinajstić information content (AvgIpc) is 3.29. The Morgan fingerprint density at radius 2 is 1.97 bits per heavy atom. The minimum atomic E-state index is -0.436. The molecule has 0 bridgehead atoms. The van der Waals surface area contributed by atoms with Crippen LogP contribution < -0.4 is 21.0 Å². The zero-order chi connectivity index (χ0) is 22.3. The number of phenolic OH excluding ortho intramolecular Hbond substituents is 1. The molecule has 4 N–H and O–H groups in total. The van der Waals surface area contributed by atoms with Gasteiger partial charge < -0.3 is 9.84 Å². The lowest BCUT2D eigenvalue weighted by molar-refractivity contribution is -0.122. The number of rotatable bonds is 7. The molecular weight excluding hydrogens is 428 g/mol. The van der Waals surface area contributed by atoms with Gasteiger partial charge in [0.2, 0.25) is 0 Å². The van der Waals surface area contributed by atoms with E-state index in [2.05, 4.69) is 21.4 Å². The number of hydrogen-bond acceptors (Lipinski definition) is 6. The first-order valence-corrected chi connectivity index (χ1v) is 10.6. The molecule has 7 nitrogen and oxygen atoms in total. The van der Waals surface area contributed by atoms with E-state index in [0.717, 1.165) is 16.9 Å². The van der Waals surface area contributed by atoms with Crippen LogP contribution in [0.5, 0.6) is 11.5 Å². The van der Waals surface area contributed by atoms with E-state index in [1.54, 1.807) is 24.3 Å². The van der Waals surface area contributed by atoms with Gasteiger partial charge in [-0.2, -0.15) is 5.10 Å². The number of phenols is 1. The molecule has 2 unspecified atom stereocenters. The van der Waals surface area contributed by atoms with Crippen LogP contribution in [-0.2, 0) is 11.4 Å². The molecule has 1 heterocycles. The summed E-state index contributed by atoms with van der Waals surface area (Å²) >= 11 is 6.19. The number of halogens is 1. The van der Waals surface area contributed by atoms with Crippen LogP contribution in [0, 0.1) is 0 Å². The lowest BCUT2D eigenvalue weighted by Gasteiger charge is -2.13. The third kappa shape index (κ3) is 5.64. The predicted octanol–water partition coefficient (Wildman–Crippen LogP) is 3.68. The first-order valence-electron chi connectivity index (χ1n) is 10.2. The molecule has 164 valence electrons. The van der Waals surface area contributed by atoms with Crippen LogP contribution >= 0.6 is 11.6 Å². The van der Waals surface area contributed by atoms with Crippen molar-refractivity contribution in [1.29, 1.82) is 0 Å². The number of carbonyl (C=O) groups is 1. The maximum Gasteiger partial charge on any atom is 0.258 e. The molecule has 3 aromatic rings. The summed E-state index contributed by atoms with van der Waals surface area (Å²) < 4.78 is 5.90. The molecule has 1 saturated heterocycles. The van der Waals surface area contributed by atoms with Crippen LogP contribution in [0.3, 0.4) is 0 Å². The number of benzene rings is 3. The van der Waals surface area contributed by atoms with Crippen molar-refractivity contribution in [3.8, 4) is 11.5 Å². The Labute approximate surface area is 191 Å². The highest BCUT2D eigenvalue weighted by Gasteiger charge is 2.30. The van der Waals surface area contributed by atoms with Crippen molar-refractivity contribution in [2.45, 2.75) is 25.1 Å². The van der Waals surface area contributed by atoms with Gasteiger partial charge in [0.1, 0.15) is 24.1 Å². The molecule has 1 amide bonds. The molecule has 8 heteroatoms. The number of amides is 1. The minimum Gasteiger partial charge on any atom is -0.508 e. The Hall–Kier alpha value is -3.39. The topological polar surface area (TPSA) is 95.0 Å². The number of hydrazine groups is 1. The molecule has 1 aliphatic heterocycles. The number of nitrogens with one attached hydrogen (secondary N) is 3. The molecule has 0 radical (unpaired) electrons. The van der Waals surface area contributed by atoms with Crippen molar-refractivity contribution in [1.82, 2.24) is 16.3 Å². The third-order valence-corrected chi connectivity index (χ3v) is 5.46. The fourth-order valence-corrected chi connectivity index (χ4v) is 3.59. The molecule has 0 aromatic heterocycles. The average molecular weight is 451 g/mol. The molecule has 3 aromatic carbocycles. The fraction of sp³-hybridized carbons (Fsp3) is 0.167. The zero-order valence-electron chi connectivity index (χ0n) is 17.2. The molecule has 0 aliphatic carbocycles. The maximum atomic E-state index is 12.4. The summed E-state index contributed by atoms with van der Waals surface area (Å²) in [5.74, 6) is 0.623. The molecule has 4 rings (SSSR count). The smallest absolute Gasteiger partial charge is 0.258 e. The molecular formula is C24H23ClN4O3. The van der Waals surface area contributed by atoms with Gasteiger partial charge in [0.15, 0.2) is 0 Å². The summed E-state index contributed by atoms with van der Waals surface area (Å²) in [7, 11) is 0. The summed E-state index contributed by atoms with van der Waals surface area (Å²) in [4.78, 5) is 12.4. The Morgan fingerprint density at radius 3 is 2.81 bits per heavy atom. The Morgan fingerprint density at radius 1 is 1.12 bits per heavy atom. The number of aromatic hydroxyl groups is 1. The second kappa shape index (κ2) is 10.3. The quantitative estimate of drug-likeness (QED) is 0.325. The summed E-state index contributed by atoms with van der Waals surface area (Å²) in [6.45, 7) is 0.377. The lowest BCUT2D eigenvalue weighted by atomic mass is 10.0. The summed E-state index contributed by atoms with van der Waals surface area (Å²) in [6.07, 6.45) is 2.04. The van der Waals surface area contributed by atoms with Crippen LogP contribution in [-0.4, -0.2) is 23.3 Å². The normalized spacial score (nSPS) is 18.0. The Kier molecular flexibility index (Phi) is 7.01. The summed E-state index contributed by atoms with van der Waals surface area (Å²) in [5.41, 5.74) is 11.3. The molecule has 1 fully saturated rings. The van der Waals surface area contributed by atoms with Gasteiger partial charge in [0.05, 0.1) is 6.21 Å². The van der Waals surface area contributed by atoms with Crippen LogP contribution in [0.25, 0.3) is 0 Å². The van der Waals surface area contributed by atoms with Gasteiger partial charge in [-0.3, -0.25) is 4.79 Å². The van der Waals surface area contributed by atoms with Gasteiger partial charge in [-0.15, -0.1) is 0 Å². The van der Waals surface area contributed by atoms with E-state index in [4.69, 9.17) is 16.3 Å². The van der Waals surface area contributed by atoms with E-state index in [1.807, 2.05) is 48.5 Å². The SMILES string of the molecule is O=C(N/N=C\c1cccc(O)c1)C1CC(c2cccc(OCc3ccccc3Cl)c2)NN1. The van der Waals surface area contributed by atoms with E-state index in [1.165, 1.54) is 6.21 Å². The fourth-order valence-electron chi connectivity index (χ4n) is 3.40. The van der Waals surface area contributed by atoms with Crippen LogP contribution in [0.4, 0.5) is 0 Å². The van der Waals surface area contributed by atoms with Gasteiger partial charge in [-0.05, 0) is 47.9 Å². The van der Waals surface area contributed by atoms with Crippen molar-refractivity contribution >= 4 is 23.7 Å².